The average molecular weight is 283 g/mol. The summed E-state index contributed by atoms with van der Waals surface area (Å²) in [6.07, 6.45) is 1.07. The number of nitrogens with zero attached hydrogens (tertiary/aromatic N) is 1. The third-order valence-electron chi connectivity index (χ3n) is 3.22. The van der Waals surface area contributed by atoms with Crippen LogP contribution < -0.4 is 0 Å². The Bertz CT molecular complexity index is 476. The zero-order valence-corrected chi connectivity index (χ0v) is 11.8. The molecule has 1 aromatic rings. The first-order chi connectivity index (χ1) is 9.39. The van der Waals surface area contributed by atoms with Crippen LogP contribution in [-0.4, -0.2) is 36.6 Å². The Morgan fingerprint density at radius 2 is 2.05 bits per heavy atom. The summed E-state index contributed by atoms with van der Waals surface area (Å²) in [4.78, 5) is 16.3. The van der Waals surface area contributed by atoms with Crippen LogP contribution in [0.1, 0.15) is 26.5 Å². The van der Waals surface area contributed by atoms with Gasteiger partial charge >= 0.3 is 5.97 Å². The summed E-state index contributed by atoms with van der Waals surface area (Å²) in [5.41, 5.74) is -0.771. The van der Waals surface area contributed by atoms with Gasteiger partial charge in [0, 0.05) is 0 Å². The fourth-order valence-electron chi connectivity index (χ4n) is 1.98. The molecule has 1 aliphatic heterocycles. The molecule has 0 spiro atoms. The maximum atomic E-state index is 13.0. The number of hydrogen-bond donors (Lipinski definition) is 0. The molecule has 0 unspecified atom stereocenters. The molecule has 5 nitrogen and oxygen atoms in total. The normalized spacial score (nSPS) is 20.4. The van der Waals surface area contributed by atoms with Gasteiger partial charge in [-0.1, -0.05) is 0 Å². The molecule has 0 aliphatic carbocycles. The van der Waals surface area contributed by atoms with Gasteiger partial charge in [-0.3, -0.25) is 9.78 Å². The summed E-state index contributed by atoms with van der Waals surface area (Å²) in [5, 5.41) is 0. The van der Waals surface area contributed by atoms with Crippen LogP contribution in [0.3, 0.4) is 0 Å². The first-order valence-electron chi connectivity index (χ1n) is 6.47. The quantitative estimate of drug-likeness (QED) is 0.792. The van der Waals surface area contributed by atoms with E-state index in [1.807, 2.05) is 0 Å². The lowest BCUT2D eigenvalue weighted by Crippen LogP contribution is -2.54. The van der Waals surface area contributed by atoms with E-state index in [1.54, 1.807) is 20.8 Å². The molecule has 0 aromatic carbocycles. The van der Waals surface area contributed by atoms with E-state index in [0.29, 0.717) is 5.69 Å². The van der Waals surface area contributed by atoms with E-state index in [0.717, 1.165) is 6.20 Å². The Hall–Kier alpha value is -1.53. The number of ether oxygens (including phenoxy) is 3. The van der Waals surface area contributed by atoms with Crippen LogP contribution in [0.15, 0.2) is 18.3 Å². The van der Waals surface area contributed by atoms with Crippen LogP contribution in [0.5, 0.6) is 0 Å². The molecule has 1 saturated heterocycles. The molecule has 0 amide bonds. The molecule has 20 heavy (non-hydrogen) atoms. The first-order valence-corrected chi connectivity index (χ1v) is 6.47. The van der Waals surface area contributed by atoms with E-state index in [4.69, 9.17) is 14.2 Å². The summed E-state index contributed by atoms with van der Waals surface area (Å²) in [7, 11) is 0. The van der Waals surface area contributed by atoms with Crippen molar-refractivity contribution in [3.63, 3.8) is 0 Å². The van der Waals surface area contributed by atoms with E-state index in [9.17, 15) is 9.18 Å². The molecule has 2 rings (SSSR count). The van der Waals surface area contributed by atoms with E-state index in [2.05, 4.69) is 4.98 Å². The van der Waals surface area contributed by atoms with Crippen LogP contribution in [0.25, 0.3) is 0 Å². The van der Waals surface area contributed by atoms with Crippen molar-refractivity contribution >= 4 is 5.97 Å². The van der Waals surface area contributed by atoms with Crippen molar-refractivity contribution in [2.75, 3.05) is 19.8 Å². The van der Waals surface area contributed by atoms with Crippen molar-refractivity contribution in [3.05, 3.63) is 29.8 Å². The number of esters is 1. The number of pyridine rings is 1. The second-order valence-electron chi connectivity index (χ2n) is 5.14. The topological polar surface area (TPSA) is 57.7 Å². The van der Waals surface area contributed by atoms with Gasteiger partial charge in [0.15, 0.2) is 11.2 Å². The maximum absolute atomic E-state index is 13.0. The lowest BCUT2D eigenvalue weighted by Gasteiger charge is -2.41. The van der Waals surface area contributed by atoms with E-state index in [-0.39, 0.29) is 19.8 Å². The van der Waals surface area contributed by atoms with Gasteiger partial charge < -0.3 is 14.2 Å². The van der Waals surface area contributed by atoms with Crippen LogP contribution in [0, 0.1) is 5.82 Å². The minimum absolute atomic E-state index is 0.0808. The number of rotatable bonds is 3. The zero-order valence-electron chi connectivity index (χ0n) is 11.8. The highest BCUT2D eigenvalue weighted by molar-refractivity contribution is 5.83. The average Bonchev–Trinajstić information content (AvgIpc) is 2.41. The SMILES string of the molecule is CCOC(=O)C1(c2ccc(F)cn2)COC(C)(C)OC1. The summed E-state index contributed by atoms with van der Waals surface area (Å²) in [6.45, 7) is 5.65. The predicted molar refractivity (Wildman–Crippen MR) is 68.5 cm³/mol. The second kappa shape index (κ2) is 5.46. The van der Waals surface area contributed by atoms with Crippen molar-refractivity contribution in [2.45, 2.75) is 32.0 Å². The van der Waals surface area contributed by atoms with Crippen molar-refractivity contribution < 1.29 is 23.4 Å². The molecule has 0 radical (unpaired) electrons. The van der Waals surface area contributed by atoms with Crippen molar-refractivity contribution in [1.29, 1.82) is 0 Å². The highest BCUT2D eigenvalue weighted by Crippen LogP contribution is 2.33. The Morgan fingerprint density at radius 1 is 1.40 bits per heavy atom. The number of aromatic nitrogens is 1. The molecular weight excluding hydrogens is 265 g/mol. The smallest absolute Gasteiger partial charge is 0.322 e. The third kappa shape index (κ3) is 2.81. The van der Waals surface area contributed by atoms with E-state index in [1.165, 1.54) is 12.1 Å². The van der Waals surface area contributed by atoms with Crippen LogP contribution in [-0.2, 0) is 24.4 Å². The van der Waals surface area contributed by atoms with Gasteiger partial charge in [-0.15, -0.1) is 0 Å². The highest BCUT2D eigenvalue weighted by atomic mass is 19.1. The lowest BCUT2D eigenvalue weighted by atomic mass is 9.84. The van der Waals surface area contributed by atoms with Gasteiger partial charge in [-0.05, 0) is 32.9 Å². The molecule has 2 heterocycles. The fourth-order valence-corrected chi connectivity index (χ4v) is 1.98. The molecule has 0 atom stereocenters. The van der Waals surface area contributed by atoms with Gasteiger partial charge in [0.2, 0.25) is 0 Å². The zero-order chi connectivity index (χ0) is 14.8. The standard InChI is InChI=1S/C14H18FNO4/c1-4-18-12(17)14(8-19-13(2,3)20-9-14)11-6-5-10(15)7-16-11/h5-7H,4,8-9H2,1-3H3. The minimum Gasteiger partial charge on any atom is -0.465 e. The number of carbonyl (C=O) groups is 1. The Balaban J connectivity index is 2.35. The Labute approximate surface area is 117 Å². The third-order valence-corrected chi connectivity index (χ3v) is 3.22. The van der Waals surface area contributed by atoms with E-state index < -0.39 is 23.0 Å². The predicted octanol–water partition coefficient (Wildman–Crippen LogP) is 1.80. The molecule has 1 aromatic heterocycles. The fraction of sp³-hybridized carbons (Fsp3) is 0.571. The van der Waals surface area contributed by atoms with Crippen molar-refractivity contribution in [3.8, 4) is 0 Å². The highest BCUT2D eigenvalue weighted by Gasteiger charge is 2.49. The molecule has 1 fully saturated rings. The minimum atomic E-state index is -1.15. The van der Waals surface area contributed by atoms with Gasteiger partial charge in [0.1, 0.15) is 5.82 Å². The van der Waals surface area contributed by atoms with Gasteiger partial charge in [0.25, 0.3) is 0 Å². The Morgan fingerprint density at radius 3 is 2.55 bits per heavy atom. The summed E-state index contributed by atoms with van der Waals surface area (Å²) >= 11 is 0. The molecule has 110 valence electrons. The summed E-state index contributed by atoms with van der Waals surface area (Å²) in [5.74, 6) is -1.71. The van der Waals surface area contributed by atoms with Crippen LogP contribution >= 0.6 is 0 Å². The first kappa shape index (κ1) is 14.9. The molecular formula is C14H18FNO4. The second-order valence-corrected chi connectivity index (χ2v) is 5.14. The number of halogens is 1. The number of carbonyl (C=O) groups excluding carboxylic acids is 1. The van der Waals surface area contributed by atoms with Crippen LogP contribution in [0.2, 0.25) is 0 Å². The summed E-state index contributed by atoms with van der Waals surface area (Å²) < 4.78 is 29.3. The Kier molecular flexibility index (Phi) is 4.06. The summed E-state index contributed by atoms with van der Waals surface area (Å²) in [6, 6.07) is 2.71. The maximum Gasteiger partial charge on any atom is 0.322 e. The largest absolute Gasteiger partial charge is 0.465 e. The van der Waals surface area contributed by atoms with Gasteiger partial charge in [0.05, 0.1) is 31.7 Å². The van der Waals surface area contributed by atoms with Crippen molar-refractivity contribution in [1.82, 2.24) is 4.98 Å². The van der Waals surface area contributed by atoms with Crippen LogP contribution in [0.4, 0.5) is 4.39 Å². The molecule has 6 heteroatoms. The van der Waals surface area contributed by atoms with Crippen molar-refractivity contribution in [2.24, 2.45) is 0 Å². The number of hydrogen-bond acceptors (Lipinski definition) is 5. The monoisotopic (exact) mass is 283 g/mol. The molecule has 0 bridgehead atoms. The lowest BCUT2D eigenvalue weighted by molar-refractivity contribution is -0.270. The van der Waals surface area contributed by atoms with E-state index >= 15 is 0 Å². The molecule has 0 saturated carbocycles. The van der Waals surface area contributed by atoms with Gasteiger partial charge in [-0.2, -0.15) is 0 Å². The molecule has 0 N–H and O–H groups in total. The molecule has 1 aliphatic rings. The van der Waals surface area contributed by atoms with Gasteiger partial charge in [-0.25, -0.2) is 4.39 Å².